The Bertz CT molecular complexity index is 614. The molecule has 0 saturated heterocycles. The van der Waals surface area contributed by atoms with E-state index in [2.05, 4.69) is 4.98 Å². The van der Waals surface area contributed by atoms with Gasteiger partial charge in [0.25, 0.3) is 0 Å². The van der Waals surface area contributed by atoms with Crippen LogP contribution in [0.1, 0.15) is 37.7 Å². The van der Waals surface area contributed by atoms with Gasteiger partial charge in [0.2, 0.25) is 0 Å². The van der Waals surface area contributed by atoms with Crippen molar-refractivity contribution in [3.05, 3.63) is 35.8 Å². The van der Waals surface area contributed by atoms with E-state index in [0.29, 0.717) is 5.52 Å². The molecule has 20 heavy (non-hydrogen) atoms. The van der Waals surface area contributed by atoms with E-state index in [0.717, 1.165) is 36.6 Å². The number of hydrogen-bond donors (Lipinski definition) is 1. The number of carbonyl (C=O) groups is 1. The minimum atomic E-state index is -0.282. The molecule has 0 unspecified atom stereocenters. The fourth-order valence-electron chi connectivity index (χ4n) is 2.87. The van der Waals surface area contributed by atoms with E-state index in [1.165, 1.54) is 18.6 Å². The van der Waals surface area contributed by atoms with Gasteiger partial charge in [-0.15, -0.1) is 0 Å². The Morgan fingerprint density at radius 2 is 2.10 bits per heavy atom. The molecule has 0 spiro atoms. The molecule has 106 valence electrons. The molecule has 0 bridgehead atoms. The number of esters is 1. The zero-order valence-electron chi connectivity index (χ0n) is 11.3. The van der Waals surface area contributed by atoms with Crippen molar-refractivity contribution in [1.29, 1.82) is 0 Å². The second kappa shape index (κ2) is 5.65. The van der Waals surface area contributed by atoms with Gasteiger partial charge in [-0.2, -0.15) is 0 Å². The summed E-state index contributed by atoms with van der Waals surface area (Å²) >= 11 is 0. The number of benzene rings is 1. The summed E-state index contributed by atoms with van der Waals surface area (Å²) < 4.78 is 18.6. The minimum absolute atomic E-state index is 0.0823. The number of ether oxygens (including phenoxy) is 1. The van der Waals surface area contributed by atoms with Gasteiger partial charge in [0, 0.05) is 17.1 Å². The van der Waals surface area contributed by atoms with Gasteiger partial charge < -0.3 is 9.72 Å². The van der Waals surface area contributed by atoms with Crippen LogP contribution in [0, 0.1) is 5.82 Å². The SMILES string of the molecule is O=C(Cc1c[nH]c2cc(F)ccc12)OC1CCCCC1. The molecular weight excluding hydrogens is 257 g/mol. The normalized spacial score (nSPS) is 16.4. The van der Waals surface area contributed by atoms with Gasteiger partial charge in [-0.05, 0) is 49.4 Å². The molecule has 1 aromatic heterocycles. The topological polar surface area (TPSA) is 42.1 Å². The summed E-state index contributed by atoms with van der Waals surface area (Å²) in [6.07, 6.45) is 7.56. The minimum Gasteiger partial charge on any atom is -0.462 e. The zero-order chi connectivity index (χ0) is 13.9. The Kier molecular flexibility index (Phi) is 3.72. The van der Waals surface area contributed by atoms with Crippen LogP contribution in [0.5, 0.6) is 0 Å². The maximum Gasteiger partial charge on any atom is 0.310 e. The average Bonchev–Trinajstić information content (AvgIpc) is 2.82. The van der Waals surface area contributed by atoms with E-state index >= 15 is 0 Å². The van der Waals surface area contributed by atoms with E-state index in [-0.39, 0.29) is 24.3 Å². The lowest BCUT2D eigenvalue weighted by Gasteiger charge is -2.21. The fraction of sp³-hybridized carbons (Fsp3) is 0.438. The van der Waals surface area contributed by atoms with Crippen LogP contribution in [0.3, 0.4) is 0 Å². The number of hydrogen-bond acceptors (Lipinski definition) is 2. The molecule has 1 aliphatic rings. The first-order valence-electron chi connectivity index (χ1n) is 7.17. The highest BCUT2D eigenvalue weighted by molar-refractivity contribution is 5.87. The van der Waals surface area contributed by atoms with Crippen LogP contribution < -0.4 is 0 Å². The molecule has 1 aliphatic carbocycles. The summed E-state index contributed by atoms with van der Waals surface area (Å²) in [5.74, 6) is -0.474. The molecule has 4 heteroatoms. The van der Waals surface area contributed by atoms with E-state index in [9.17, 15) is 9.18 Å². The maximum atomic E-state index is 13.1. The van der Waals surface area contributed by atoms with Crippen molar-refractivity contribution in [1.82, 2.24) is 4.98 Å². The highest BCUT2D eigenvalue weighted by atomic mass is 19.1. The average molecular weight is 275 g/mol. The van der Waals surface area contributed by atoms with Crippen LogP contribution in [0.4, 0.5) is 4.39 Å². The molecule has 1 aromatic carbocycles. The second-order valence-electron chi connectivity index (χ2n) is 5.43. The fourth-order valence-corrected chi connectivity index (χ4v) is 2.87. The lowest BCUT2D eigenvalue weighted by atomic mass is 9.98. The number of halogens is 1. The summed E-state index contributed by atoms with van der Waals surface area (Å²) in [4.78, 5) is 15.0. The summed E-state index contributed by atoms with van der Waals surface area (Å²) in [5, 5.41) is 0.881. The molecule has 1 saturated carbocycles. The first-order valence-corrected chi connectivity index (χ1v) is 7.17. The van der Waals surface area contributed by atoms with Gasteiger partial charge in [0.15, 0.2) is 0 Å². The van der Waals surface area contributed by atoms with Gasteiger partial charge in [0.1, 0.15) is 11.9 Å². The summed E-state index contributed by atoms with van der Waals surface area (Å²) in [6.45, 7) is 0. The third-order valence-electron chi connectivity index (χ3n) is 3.91. The van der Waals surface area contributed by atoms with Crippen molar-refractivity contribution in [3.8, 4) is 0 Å². The van der Waals surface area contributed by atoms with E-state index < -0.39 is 0 Å². The molecule has 1 N–H and O–H groups in total. The predicted molar refractivity (Wildman–Crippen MR) is 74.9 cm³/mol. The predicted octanol–water partition coefficient (Wildman–Crippen LogP) is 3.73. The summed E-state index contributed by atoms with van der Waals surface area (Å²) in [7, 11) is 0. The van der Waals surface area contributed by atoms with E-state index in [1.807, 2.05) is 0 Å². The molecular formula is C16H18FNO2. The van der Waals surface area contributed by atoms with Crippen molar-refractivity contribution in [2.75, 3.05) is 0 Å². The van der Waals surface area contributed by atoms with Crippen molar-refractivity contribution in [3.63, 3.8) is 0 Å². The third-order valence-corrected chi connectivity index (χ3v) is 3.91. The van der Waals surface area contributed by atoms with Crippen molar-refractivity contribution in [2.24, 2.45) is 0 Å². The lowest BCUT2D eigenvalue weighted by Crippen LogP contribution is -2.21. The molecule has 0 atom stereocenters. The lowest BCUT2D eigenvalue weighted by molar-refractivity contribution is -0.149. The number of fused-ring (bicyclic) bond motifs is 1. The summed E-state index contributed by atoms with van der Waals surface area (Å²) in [5.41, 5.74) is 1.58. The molecule has 0 amide bonds. The molecule has 1 heterocycles. The third kappa shape index (κ3) is 2.84. The van der Waals surface area contributed by atoms with Crippen LogP contribution in [0.25, 0.3) is 10.9 Å². The first kappa shape index (κ1) is 13.2. The van der Waals surface area contributed by atoms with Gasteiger partial charge in [-0.1, -0.05) is 6.42 Å². The monoisotopic (exact) mass is 275 g/mol. The van der Waals surface area contributed by atoms with Crippen LogP contribution >= 0.6 is 0 Å². The highest BCUT2D eigenvalue weighted by Gasteiger charge is 2.18. The quantitative estimate of drug-likeness (QED) is 0.867. The molecule has 3 rings (SSSR count). The molecule has 3 nitrogen and oxygen atoms in total. The van der Waals surface area contributed by atoms with Crippen molar-refractivity contribution >= 4 is 16.9 Å². The number of aromatic nitrogens is 1. The molecule has 0 aliphatic heterocycles. The second-order valence-corrected chi connectivity index (χ2v) is 5.43. The Labute approximate surface area is 117 Å². The Morgan fingerprint density at radius 3 is 2.90 bits per heavy atom. The highest BCUT2D eigenvalue weighted by Crippen LogP contribution is 2.23. The number of carbonyl (C=O) groups excluding carboxylic acids is 1. The zero-order valence-corrected chi connectivity index (χ0v) is 11.3. The van der Waals surface area contributed by atoms with Crippen molar-refractivity contribution in [2.45, 2.75) is 44.6 Å². The van der Waals surface area contributed by atoms with Gasteiger partial charge in [-0.25, -0.2) is 4.39 Å². The Balaban J connectivity index is 1.67. The number of rotatable bonds is 3. The Hall–Kier alpha value is -1.84. The van der Waals surface area contributed by atoms with Crippen molar-refractivity contribution < 1.29 is 13.9 Å². The maximum absolute atomic E-state index is 13.1. The van der Waals surface area contributed by atoms with Gasteiger partial charge in [-0.3, -0.25) is 4.79 Å². The Morgan fingerprint density at radius 1 is 1.30 bits per heavy atom. The molecule has 1 fully saturated rings. The van der Waals surface area contributed by atoms with Crippen LogP contribution in [-0.2, 0) is 16.0 Å². The first-order chi connectivity index (χ1) is 9.72. The summed E-state index contributed by atoms with van der Waals surface area (Å²) in [6, 6.07) is 4.54. The van der Waals surface area contributed by atoms with Crippen LogP contribution in [-0.4, -0.2) is 17.1 Å². The largest absolute Gasteiger partial charge is 0.462 e. The number of H-pyrrole nitrogens is 1. The van der Waals surface area contributed by atoms with E-state index in [4.69, 9.17) is 4.74 Å². The molecule has 0 radical (unpaired) electrons. The van der Waals surface area contributed by atoms with E-state index in [1.54, 1.807) is 12.3 Å². The van der Waals surface area contributed by atoms with Crippen LogP contribution in [0.2, 0.25) is 0 Å². The standard InChI is InChI=1S/C16H18FNO2/c17-12-6-7-14-11(10-18-15(14)9-12)8-16(19)20-13-4-2-1-3-5-13/h6-7,9-10,13,18H,1-5,8H2. The number of nitrogens with one attached hydrogen (secondary N) is 1. The van der Waals surface area contributed by atoms with Crippen LogP contribution in [0.15, 0.2) is 24.4 Å². The number of aromatic amines is 1. The van der Waals surface area contributed by atoms with Gasteiger partial charge >= 0.3 is 5.97 Å². The smallest absolute Gasteiger partial charge is 0.310 e. The van der Waals surface area contributed by atoms with Gasteiger partial charge in [0.05, 0.1) is 6.42 Å². The molecule has 2 aromatic rings.